The second-order valence-corrected chi connectivity index (χ2v) is 2.33. The van der Waals surface area contributed by atoms with Gasteiger partial charge in [-0.25, -0.2) is 10.9 Å². The summed E-state index contributed by atoms with van der Waals surface area (Å²) in [6, 6.07) is -0.882. The van der Waals surface area contributed by atoms with E-state index in [-0.39, 0.29) is 12.3 Å². The lowest BCUT2D eigenvalue weighted by molar-refractivity contribution is -0.140. The highest BCUT2D eigenvalue weighted by Crippen LogP contribution is 1.85. The van der Waals surface area contributed by atoms with Crippen molar-refractivity contribution in [2.75, 3.05) is 12.3 Å². The maximum Gasteiger partial charge on any atom is 0.322 e. The average Bonchev–Trinajstić information content (AvgIpc) is 1.96. The van der Waals surface area contributed by atoms with E-state index < -0.39 is 18.0 Å². The van der Waals surface area contributed by atoms with Crippen LogP contribution < -0.4 is 10.9 Å². The van der Waals surface area contributed by atoms with E-state index in [1.165, 1.54) is 0 Å². The van der Waals surface area contributed by atoms with Crippen LogP contribution in [0.5, 0.6) is 0 Å². The molecule has 0 unspecified atom stereocenters. The van der Waals surface area contributed by atoms with Gasteiger partial charge in [0, 0.05) is 5.75 Å². The molecule has 70 valence electrons. The van der Waals surface area contributed by atoms with E-state index in [1.54, 1.807) is 0 Å². The molecule has 6 nitrogen and oxygen atoms in total. The van der Waals surface area contributed by atoms with Crippen molar-refractivity contribution < 1.29 is 19.8 Å². The van der Waals surface area contributed by atoms with E-state index in [2.05, 4.69) is 23.5 Å². The summed E-state index contributed by atoms with van der Waals surface area (Å²) in [5.41, 5.74) is 4.53. The van der Waals surface area contributed by atoms with Gasteiger partial charge >= 0.3 is 11.9 Å². The number of hydrogen-bond acceptors (Lipinski definition) is 5. The molecule has 12 heavy (non-hydrogen) atoms. The zero-order valence-electron chi connectivity index (χ0n) is 6.15. The molecule has 0 bridgehead atoms. The van der Waals surface area contributed by atoms with Crippen molar-refractivity contribution in [3.05, 3.63) is 0 Å². The molecule has 0 saturated carbocycles. The molecule has 4 N–H and O–H groups in total. The van der Waals surface area contributed by atoms with Gasteiger partial charge in [0.15, 0.2) is 0 Å². The average molecular weight is 194 g/mol. The number of carboxylic acids is 2. The molecule has 0 heterocycles. The van der Waals surface area contributed by atoms with E-state index in [4.69, 9.17) is 10.2 Å². The summed E-state index contributed by atoms with van der Waals surface area (Å²) in [7, 11) is 0. The molecular weight excluding hydrogens is 184 g/mol. The molecule has 0 spiro atoms. The Morgan fingerprint density at radius 2 is 2.00 bits per heavy atom. The Kier molecular flexibility index (Phi) is 5.43. The zero-order valence-corrected chi connectivity index (χ0v) is 7.04. The van der Waals surface area contributed by atoms with Gasteiger partial charge in [-0.1, -0.05) is 0 Å². The maximum absolute atomic E-state index is 10.3. The van der Waals surface area contributed by atoms with Crippen molar-refractivity contribution in [2.45, 2.75) is 6.04 Å². The fourth-order valence-corrected chi connectivity index (χ4v) is 0.683. The largest absolute Gasteiger partial charge is 0.480 e. The number of aliphatic carboxylic acids is 2. The number of carboxylic acid groups (broad SMARTS) is 2. The minimum atomic E-state index is -1.08. The highest BCUT2D eigenvalue weighted by Gasteiger charge is 2.13. The summed E-state index contributed by atoms with van der Waals surface area (Å²) in [6.07, 6.45) is 0. The summed E-state index contributed by atoms with van der Waals surface area (Å²) < 4.78 is 0. The third-order valence-corrected chi connectivity index (χ3v) is 1.36. The second-order valence-electron chi connectivity index (χ2n) is 1.97. The normalized spacial score (nSPS) is 12.4. The predicted molar refractivity (Wildman–Crippen MR) is 44.1 cm³/mol. The Hall–Kier alpha value is -0.790. The molecule has 7 heteroatoms. The first kappa shape index (κ1) is 11.2. The molecule has 0 aromatic carbocycles. The van der Waals surface area contributed by atoms with E-state index in [1.807, 2.05) is 0 Å². The molecule has 0 aliphatic carbocycles. The van der Waals surface area contributed by atoms with E-state index in [0.717, 1.165) is 0 Å². The van der Waals surface area contributed by atoms with Crippen LogP contribution in [0.2, 0.25) is 0 Å². The molecule has 1 atom stereocenters. The first-order chi connectivity index (χ1) is 5.57. The van der Waals surface area contributed by atoms with Gasteiger partial charge in [-0.3, -0.25) is 9.59 Å². The number of thiol groups is 1. The van der Waals surface area contributed by atoms with Crippen LogP contribution in [0, 0.1) is 0 Å². The van der Waals surface area contributed by atoms with Gasteiger partial charge in [-0.05, 0) is 0 Å². The molecule has 0 aliphatic heterocycles. The monoisotopic (exact) mass is 194 g/mol. The van der Waals surface area contributed by atoms with Gasteiger partial charge in [-0.2, -0.15) is 12.6 Å². The van der Waals surface area contributed by atoms with Crippen molar-refractivity contribution in [1.82, 2.24) is 10.9 Å². The van der Waals surface area contributed by atoms with Crippen LogP contribution in [0.25, 0.3) is 0 Å². The SMILES string of the molecule is O=C(O)CNN[C@@H](CS)C(=O)O. The lowest BCUT2D eigenvalue weighted by atomic mass is 10.4. The van der Waals surface area contributed by atoms with Crippen LogP contribution in [0.15, 0.2) is 0 Å². The topological polar surface area (TPSA) is 98.7 Å². The molecule has 0 aliphatic rings. The highest BCUT2D eigenvalue weighted by molar-refractivity contribution is 7.80. The van der Waals surface area contributed by atoms with Crippen LogP contribution in [-0.4, -0.2) is 40.5 Å². The Labute approximate surface area is 74.3 Å². The van der Waals surface area contributed by atoms with Gasteiger partial charge in [0.2, 0.25) is 0 Å². The van der Waals surface area contributed by atoms with Crippen LogP contribution in [0.1, 0.15) is 0 Å². The number of nitrogens with one attached hydrogen (secondary N) is 2. The number of hydrogen-bond donors (Lipinski definition) is 5. The maximum atomic E-state index is 10.3. The van der Waals surface area contributed by atoms with Crippen molar-refractivity contribution >= 4 is 24.6 Å². The molecule has 0 aromatic heterocycles. The van der Waals surface area contributed by atoms with Crippen LogP contribution in [0.3, 0.4) is 0 Å². The summed E-state index contributed by atoms with van der Waals surface area (Å²) in [5.74, 6) is -2.06. The first-order valence-corrected chi connectivity index (χ1v) is 3.75. The number of carbonyl (C=O) groups is 2. The minimum absolute atomic E-state index is 0.0853. The minimum Gasteiger partial charge on any atom is -0.480 e. The summed E-state index contributed by atoms with van der Waals surface area (Å²) in [6.45, 7) is -0.336. The number of hydrazine groups is 1. The van der Waals surface area contributed by atoms with Gasteiger partial charge < -0.3 is 10.2 Å². The van der Waals surface area contributed by atoms with Crippen LogP contribution in [-0.2, 0) is 9.59 Å². The summed E-state index contributed by atoms with van der Waals surface area (Å²) >= 11 is 3.75. The Morgan fingerprint density at radius 1 is 1.42 bits per heavy atom. The first-order valence-electron chi connectivity index (χ1n) is 3.11. The predicted octanol–water partition coefficient (Wildman–Crippen LogP) is -1.45. The molecule has 0 aromatic rings. The molecular formula is C5H10N2O4S. The van der Waals surface area contributed by atoms with Crippen molar-refractivity contribution in [1.29, 1.82) is 0 Å². The fourth-order valence-electron chi connectivity index (χ4n) is 0.435. The second kappa shape index (κ2) is 5.81. The van der Waals surface area contributed by atoms with Gasteiger partial charge in [0.05, 0.1) is 0 Å². The standard InChI is InChI=1S/C5H10N2O4S/c8-4(9)1-6-7-3(2-12)5(10)11/h3,6-7,12H,1-2H2,(H,8,9)(H,10,11)/t3-/m0/s1. The third kappa shape index (κ3) is 4.94. The quantitative estimate of drug-likeness (QED) is 0.262. The third-order valence-electron chi connectivity index (χ3n) is 0.997. The summed E-state index contributed by atoms with van der Waals surface area (Å²) in [5, 5.41) is 16.6. The van der Waals surface area contributed by atoms with Crippen molar-refractivity contribution in [3.8, 4) is 0 Å². The highest BCUT2D eigenvalue weighted by atomic mass is 32.1. The lowest BCUT2D eigenvalue weighted by Crippen LogP contribution is -2.48. The molecule has 0 saturated heterocycles. The van der Waals surface area contributed by atoms with Crippen LogP contribution >= 0.6 is 12.6 Å². The lowest BCUT2D eigenvalue weighted by Gasteiger charge is -2.10. The fraction of sp³-hybridized carbons (Fsp3) is 0.600. The number of rotatable bonds is 6. The van der Waals surface area contributed by atoms with Gasteiger partial charge in [-0.15, -0.1) is 0 Å². The Balaban J connectivity index is 3.59. The zero-order chi connectivity index (χ0) is 9.56. The van der Waals surface area contributed by atoms with Crippen LogP contribution in [0.4, 0.5) is 0 Å². The van der Waals surface area contributed by atoms with Crippen molar-refractivity contribution in [2.24, 2.45) is 0 Å². The van der Waals surface area contributed by atoms with E-state index in [0.29, 0.717) is 0 Å². The van der Waals surface area contributed by atoms with Crippen molar-refractivity contribution in [3.63, 3.8) is 0 Å². The van der Waals surface area contributed by atoms with E-state index in [9.17, 15) is 9.59 Å². The smallest absolute Gasteiger partial charge is 0.322 e. The van der Waals surface area contributed by atoms with Gasteiger partial charge in [0.1, 0.15) is 12.6 Å². The Morgan fingerprint density at radius 3 is 2.33 bits per heavy atom. The molecule has 0 radical (unpaired) electrons. The molecule has 0 rings (SSSR count). The van der Waals surface area contributed by atoms with E-state index >= 15 is 0 Å². The molecule has 0 fully saturated rings. The van der Waals surface area contributed by atoms with Gasteiger partial charge in [0.25, 0.3) is 0 Å². The Bertz CT molecular complexity index is 175. The summed E-state index contributed by atoms with van der Waals surface area (Å²) in [4.78, 5) is 20.3. The molecule has 0 amide bonds.